The van der Waals surface area contributed by atoms with Crippen LogP contribution < -0.4 is 10.0 Å². The van der Waals surface area contributed by atoms with Crippen LogP contribution in [0.4, 0.5) is 11.4 Å². The Morgan fingerprint density at radius 1 is 1.44 bits per heavy atom. The number of hydrogen-bond donors (Lipinski definition) is 1. The van der Waals surface area contributed by atoms with Gasteiger partial charge in [-0.1, -0.05) is 31.4 Å². The van der Waals surface area contributed by atoms with E-state index in [9.17, 15) is 0 Å². The number of nitrogens with two attached hydrogens (primary N) is 1. The van der Waals surface area contributed by atoms with Crippen molar-refractivity contribution in [2.45, 2.75) is 0 Å². The lowest BCUT2D eigenvalue weighted by Gasteiger charge is -2.18. The van der Waals surface area contributed by atoms with Crippen LogP contribution in [0.2, 0.25) is 0 Å². The van der Waals surface area contributed by atoms with Gasteiger partial charge in [0.25, 0.3) is 0 Å². The molecule has 1 aromatic rings. The normalized spacial score (nSPS) is 10.9. The van der Waals surface area contributed by atoms with Crippen LogP contribution in [-0.4, -0.2) is 7.05 Å². The third kappa shape index (κ3) is 3.51. The van der Waals surface area contributed by atoms with Gasteiger partial charge in [0.2, 0.25) is 0 Å². The highest BCUT2D eigenvalue weighted by Crippen LogP contribution is 2.27. The molecule has 0 aliphatic carbocycles. The van der Waals surface area contributed by atoms with E-state index in [2.05, 4.69) is 13.2 Å². The summed E-state index contributed by atoms with van der Waals surface area (Å²) in [5.74, 6) is 0. The largest absolute Gasteiger partial charge is 0.399 e. The second-order valence-corrected chi connectivity index (χ2v) is 4.39. The van der Waals surface area contributed by atoms with Crippen LogP contribution in [0.1, 0.15) is 0 Å². The Kier molecular flexibility index (Phi) is 4.73. The Balaban J connectivity index is 2.79. The van der Waals surface area contributed by atoms with Crippen molar-refractivity contribution in [3.63, 3.8) is 0 Å². The first kappa shape index (κ1) is 12.5. The molecule has 0 amide bonds. The molecule has 0 aromatic heterocycles. The Morgan fingerprint density at radius 3 is 2.75 bits per heavy atom. The minimum absolute atomic E-state index is 0.762. The van der Waals surface area contributed by atoms with Crippen LogP contribution in [0.15, 0.2) is 60.6 Å². The first-order valence-corrected chi connectivity index (χ1v) is 5.67. The SMILES string of the molecule is C=C/C=C(\C=C)SN(C)c1cccc(N)c1. The first-order chi connectivity index (χ1) is 7.67. The molecule has 0 unspecified atom stereocenters. The summed E-state index contributed by atoms with van der Waals surface area (Å²) in [6.07, 6.45) is 5.47. The standard InChI is InChI=1S/C13H16N2S/c1-4-7-13(5-2)16-15(3)12-9-6-8-11(14)10-12/h4-10H,1-2,14H2,3H3/b13-7+. The number of nitrogens with zero attached hydrogens (tertiary/aromatic N) is 1. The molecular weight excluding hydrogens is 216 g/mol. The van der Waals surface area contributed by atoms with E-state index in [4.69, 9.17) is 5.73 Å². The summed E-state index contributed by atoms with van der Waals surface area (Å²) in [6, 6.07) is 7.75. The Labute approximate surface area is 101 Å². The zero-order valence-corrected chi connectivity index (χ0v) is 10.2. The molecule has 0 atom stereocenters. The Hall–Kier alpha value is -1.61. The van der Waals surface area contributed by atoms with Crippen molar-refractivity contribution in [3.8, 4) is 0 Å². The molecule has 16 heavy (non-hydrogen) atoms. The highest BCUT2D eigenvalue weighted by molar-refractivity contribution is 8.04. The van der Waals surface area contributed by atoms with Crippen molar-refractivity contribution in [2.75, 3.05) is 17.1 Å². The fourth-order valence-electron chi connectivity index (χ4n) is 1.18. The zero-order chi connectivity index (χ0) is 12.0. The van der Waals surface area contributed by atoms with E-state index >= 15 is 0 Å². The molecule has 1 aromatic carbocycles. The molecule has 0 bridgehead atoms. The average molecular weight is 232 g/mol. The summed E-state index contributed by atoms with van der Waals surface area (Å²) >= 11 is 1.58. The van der Waals surface area contributed by atoms with Gasteiger partial charge in [0.15, 0.2) is 0 Å². The van der Waals surface area contributed by atoms with Gasteiger partial charge in [-0.25, -0.2) is 0 Å². The topological polar surface area (TPSA) is 29.3 Å². The number of benzene rings is 1. The van der Waals surface area contributed by atoms with Gasteiger partial charge in [-0.2, -0.15) is 0 Å². The van der Waals surface area contributed by atoms with Crippen molar-refractivity contribution >= 4 is 23.3 Å². The maximum Gasteiger partial charge on any atom is 0.0490 e. The molecule has 1 rings (SSSR count). The molecule has 0 aliphatic rings. The van der Waals surface area contributed by atoms with Crippen LogP contribution in [0, 0.1) is 0 Å². The predicted octanol–water partition coefficient (Wildman–Crippen LogP) is 3.61. The lowest BCUT2D eigenvalue weighted by atomic mass is 10.3. The van der Waals surface area contributed by atoms with Gasteiger partial charge in [-0.15, -0.1) is 0 Å². The van der Waals surface area contributed by atoms with E-state index in [1.807, 2.05) is 41.7 Å². The molecule has 0 spiro atoms. The summed E-state index contributed by atoms with van der Waals surface area (Å²) in [7, 11) is 1.99. The van der Waals surface area contributed by atoms with Gasteiger partial charge in [0.05, 0.1) is 0 Å². The lowest BCUT2D eigenvalue weighted by Crippen LogP contribution is -2.06. The monoisotopic (exact) mass is 232 g/mol. The minimum atomic E-state index is 0.762. The number of hydrogen-bond acceptors (Lipinski definition) is 3. The van der Waals surface area contributed by atoms with Crippen molar-refractivity contribution < 1.29 is 0 Å². The third-order valence-corrected chi connectivity index (χ3v) is 2.96. The van der Waals surface area contributed by atoms with Crippen LogP contribution >= 0.6 is 11.9 Å². The lowest BCUT2D eigenvalue weighted by molar-refractivity contribution is 1.36. The fraction of sp³-hybridized carbons (Fsp3) is 0.0769. The molecule has 0 aliphatic heterocycles. The van der Waals surface area contributed by atoms with E-state index in [-0.39, 0.29) is 0 Å². The van der Waals surface area contributed by atoms with Crippen LogP contribution in [0.3, 0.4) is 0 Å². The summed E-state index contributed by atoms with van der Waals surface area (Å²) in [5, 5.41) is 0. The van der Waals surface area contributed by atoms with E-state index in [0.29, 0.717) is 0 Å². The van der Waals surface area contributed by atoms with Crippen molar-refractivity contribution in [3.05, 3.63) is 60.6 Å². The highest BCUT2D eigenvalue weighted by Gasteiger charge is 2.03. The molecular formula is C13H16N2S. The second-order valence-electron chi connectivity index (χ2n) is 3.19. The second kappa shape index (κ2) is 6.08. The maximum absolute atomic E-state index is 5.73. The van der Waals surface area contributed by atoms with Gasteiger partial charge >= 0.3 is 0 Å². The fourth-order valence-corrected chi connectivity index (χ4v) is 1.95. The van der Waals surface area contributed by atoms with Gasteiger partial charge in [0.1, 0.15) is 0 Å². The molecule has 2 N–H and O–H groups in total. The summed E-state index contributed by atoms with van der Waals surface area (Å²) in [4.78, 5) is 1.04. The van der Waals surface area contributed by atoms with Crippen LogP contribution in [-0.2, 0) is 0 Å². The highest BCUT2D eigenvalue weighted by atomic mass is 32.2. The molecule has 0 saturated carbocycles. The molecule has 2 nitrogen and oxygen atoms in total. The van der Waals surface area contributed by atoms with Crippen LogP contribution in [0.5, 0.6) is 0 Å². The maximum atomic E-state index is 5.73. The molecule has 84 valence electrons. The van der Waals surface area contributed by atoms with Gasteiger partial charge in [-0.05, 0) is 36.2 Å². The van der Waals surface area contributed by atoms with Gasteiger partial charge in [0, 0.05) is 23.3 Å². The molecule has 3 heteroatoms. The van der Waals surface area contributed by atoms with Crippen molar-refractivity contribution in [1.29, 1.82) is 0 Å². The van der Waals surface area contributed by atoms with E-state index in [1.165, 1.54) is 0 Å². The third-order valence-electron chi connectivity index (χ3n) is 1.96. The molecule has 0 heterocycles. The Morgan fingerprint density at radius 2 is 2.19 bits per heavy atom. The average Bonchev–Trinajstić information content (AvgIpc) is 2.28. The number of rotatable bonds is 5. The van der Waals surface area contributed by atoms with E-state index < -0.39 is 0 Å². The Bertz CT molecular complexity index is 410. The molecule has 0 fully saturated rings. The van der Waals surface area contributed by atoms with Crippen molar-refractivity contribution in [1.82, 2.24) is 0 Å². The van der Waals surface area contributed by atoms with E-state index in [0.717, 1.165) is 16.3 Å². The quantitative estimate of drug-likeness (QED) is 0.478. The zero-order valence-electron chi connectivity index (χ0n) is 9.39. The van der Waals surface area contributed by atoms with Crippen molar-refractivity contribution in [2.24, 2.45) is 0 Å². The molecule has 0 radical (unpaired) electrons. The molecule has 0 saturated heterocycles. The number of anilines is 2. The first-order valence-electron chi connectivity index (χ1n) is 4.89. The smallest absolute Gasteiger partial charge is 0.0490 e. The van der Waals surface area contributed by atoms with E-state index in [1.54, 1.807) is 24.1 Å². The predicted molar refractivity (Wildman–Crippen MR) is 75.3 cm³/mol. The van der Waals surface area contributed by atoms with Crippen LogP contribution in [0.25, 0.3) is 0 Å². The summed E-state index contributed by atoms with van der Waals surface area (Å²) in [6.45, 7) is 7.42. The number of nitrogen functional groups attached to an aromatic ring is 1. The minimum Gasteiger partial charge on any atom is -0.399 e. The number of allylic oxidation sites excluding steroid dienone is 3. The summed E-state index contributed by atoms with van der Waals surface area (Å²) in [5.41, 5.74) is 7.55. The van der Waals surface area contributed by atoms with Gasteiger partial charge in [-0.3, -0.25) is 0 Å². The summed E-state index contributed by atoms with van der Waals surface area (Å²) < 4.78 is 2.04. The van der Waals surface area contributed by atoms with Gasteiger partial charge < -0.3 is 10.0 Å².